The molecule has 0 aromatic rings. The fraction of sp³-hybridized carbons (Fsp3) is 0.917. The van der Waals surface area contributed by atoms with Crippen LogP contribution in [0.1, 0.15) is 39.0 Å². The maximum absolute atomic E-state index is 11.7. The molecular weight excluding hydrogens is 202 g/mol. The molecule has 1 heterocycles. The van der Waals surface area contributed by atoms with Gasteiger partial charge in [0.05, 0.1) is 0 Å². The molecule has 1 aliphatic carbocycles. The third-order valence-electron chi connectivity index (χ3n) is 3.85. The lowest BCUT2D eigenvalue weighted by molar-refractivity contribution is 0.229. The van der Waals surface area contributed by atoms with Gasteiger partial charge in [-0.15, -0.1) is 0 Å². The van der Waals surface area contributed by atoms with E-state index < -0.39 is 0 Å². The van der Waals surface area contributed by atoms with Crippen molar-refractivity contribution in [1.82, 2.24) is 16.0 Å². The predicted molar refractivity (Wildman–Crippen MR) is 64.4 cm³/mol. The van der Waals surface area contributed by atoms with Crippen LogP contribution in [-0.4, -0.2) is 31.2 Å². The molecule has 3 N–H and O–H groups in total. The van der Waals surface area contributed by atoms with E-state index in [4.69, 9.17) is 0 Å². The molecule has 2 atom stereocenters. The third kappa shape index (κ3) is 3.11. The van der Waals surface area contributed by atoms with Gasteiger partial charge < -0.3 is 16.0 Å². The molecule has 0 aromatic heterocycles. The van der Waals surface area contributed by atoms with E-state index >= 15 is 0 Å². The van der Waals surface area contributed by atoms with Gasteiger partial charge in [-0.2, -0.15) is 0 Å². The number of carbonyl (C=O) groups is 1. The van der Waals surface area contributed by atoms with Crippen LogP contribution in [0.4, 0.5) is 4.79 Å². The summed E-state index contributed by atoms with van der Waals surface area (Å²) in [6.45, 7) is 4.22. The normalized spacial score (nSPS) is 27.9. The van der Waals surface area contributed by atoms with Crippen LogP contribution < -0.4 is 16.0 Å². The molecule has 4 heteroatoms. The van der Waals surface area contributed by atoms with Crippen LogP contribution in [0.5, 0.6) is 0 Å². The van der Waals surface area contributed by atoms with Crippen molar-refractivity contribution in [3.8, 4) is 0 Å². The van der Waals surface area contributed by atoms with Gasteiger partial charge in [-0.3, -0.25) is 0 Å². The van der Waals surface area contributed by atoms with Crippen LogP contribution in [0.25, 0.3) is 0 Å². The number of hydrogen-bond acceptors (Lipinski definition) is 2. The van der Waals surface area contributed by atoms with Crippen LogP contribution >= 0.6 is 0 Å². The van der Waals surface area contributed by atoms with E-state index in [0.717, 1.165) is 25.9 Å². The first-order valence-electron chi connectivity index (χ1n) is 6.53. The van der Waals surface area contributed by atoms with Crippen LogP contribution in [0.2, 0.25) is 0 Å². The second-order valence-corrected chi connectivity index (χ2v) is 5.14. The number of urea groups is 1. The third-order valence-corrected chi connectivity index (χ3v) is 3.85. The standard InChI is InChI=1S/C12H23N3O/c1-9(10-6-7-13-8-10)14-12(16)15-11-4-2-3-5-11/h9-11,13H,2-8H2,1H3,(H2,14,15,16). The Morgan fingerprint density at radius 3 is 2.69 bits per heavy atom. The van der Waals surface area contributed by atoms with Crippen molar-refractivity contribution >= 4 is 6.03 Å². The molecule has 0 bridgehead atoms. The van der Waals surface area contributed by atoms with Gasteiger partial charge in [0.2, 0.25) is 0 Å². The smallest absolute Gasteiger partial charge is 0.315 e. The van der Waals surface area contributed by atoms with Crippen LogP contribution in [-0.2, 0) is 0 Å². The number of nitrogens with one attached hydrogen (secondary N) is 3. The Morgan fingerprint density at radius 2 is 2.06 bits per heavy atom. The number of hydrogen-bond donors (Lipinski definition) is 3. The highest BCUT2D eigenvalue weighted by atomic mass is 16.2. The van der Waals surface area contributed by atoms with Crippen molar-refractivity contribution in [1.29, 1.82) is 0 Å². The van der Waals surface area contributed by atoms with E-state index in [-0.39, 0.29) is 12.1 Å². The molecule has 2 amide bonds. The van der Waals surface area contributed by atoms with Gasteiger partial charge in [-0.05, 0) is 45.2 Å². The Morgan fingerprint density at radius 1 is 1.31 bits per heavy atom. The summed E-state index contributed by atoms with van der Waals surface area (Å²) in [4.78, 5) is 11.7. The Kier molecular flexibility index (Phi) is 4.04. The van der Waals surface area contributed by atoms with Gasteiger partial charge in [0.25, 0.3) is 0 Å². The number of amides is 2. The van der Waals surface area contributed by atoms with E-state index in [2.05, 4.69) is 22.9 Å². The largest absolute Gasteiger partial charge is 0.335 e. The summed E-state index contributed by atoms with van der Waals surface area (Å²) in [5, 5.41) is 9.45. The molecule has 2 rings (SSSR count). The average Bonchev–Trinajstić information content (AvgIpc) is 2.88. The lowest BCUT2D eigenvalue weighted by Gasteiger charge is -2.21. The van der Waals surface area contributed by atoms with Crippen molar-refractivity contribution in [3.63, 3.8) is 0 Å². The Labute approximate surface area is 97.6 Å². The molecule has 0 spiro atoms. The van der Waals surface area contributed by atoms with E-state index in [1.807, 2.05) is 0 Å². The summed E-state index contributed by atoms with van der Waals surface area (Å²) in [6, 6.07) is 0.705. The highest BCUT2D eigenvalue weighted by molar-refractivity contribution is 5.74. The van der Waals surface area contributed by atoms with Gasteiger partial charge in [-0.25, -0.2) is 4.79 Å². The van der Waals surface area contributed by atoms with Crippen molar-refractivity contribution in [3.05, 3.63) is 0 Å². The monoisotopic (exact) mass is 225 g/mol. The van der Waals surface area contributed by atoms with Crippen molar-refractivity contribution in [2.45, 2.75) is 51.1 Å². The molecule has 1 saturated carbocycles. The lowest BCUT2D eigenvalue weighted by Crippen LogP contribution is -2.47. The van der Waals surface area contributed by atoms with Crippen LogP contribution in [0, 0.1) is 5.92 Å². The summed E-state index contributed by atoms with van der Waals surface area (Å²) >= 11 is 0. The minimum atomic E-state index is 0.0197. The molecule has 2 fully saturated rings. The zero-order chi connectivity index (χ0) is 11.4. The molecule has 16 heavy (non-hydrogen) atoms. The average molecular weight is 225 g/mol. The van der Waals surface area contributed by atoms with Crippen LogP contribution in [0.3, 0.4) is 0 Å². The van der Waals surface area contributed by atoms with Crippen molar-refractivity contribution in [2.24, 2.45) is 5.92 Å². The van der Waals surface area contributed by atoms with E-state index in [9.17, 15) is 4.79 Å². The van der Waals surface area contributed by atoms with Crippen LogP contribution in [0.15, 0.2) is 0 Å². The van der Waals surface area contributed by atoms with Gasteiger partial charge >= 0.3 is 6.03 Å². The summed E-state index contributed by atoms with van der Waals surface area (Å²) < 4.78 is 0. The van der Waals surface area contributed by atoms with Crippen molar-refractivity contribution < 1.29 is 4.79 Å². The first kappa shape index (κ1) is 11.7. The summed E-state index contributed by atoms with van der Waals surface area (Å²) in [5.74, 6) is 0.592. The summed E-state index contributed by atoms with van der Waals surface area (Å²) in [6.07, 6.45) is 5.98. The first-order chi connectivity index (χ1) is 7.75. The second-order valence-electron chi connectivity index (χ2n) is 5.14. The molecule has 92 valence electrons. The van der Waals surface area contributed by atoms with Gasteiger partial charge in [0, 0.05) is 12.1 Å². The zero-order valence-corrected chi connectivity index (χ0v) is 10.1. The predicted octanol–water partition coefficient (Wildman–Crippen LogP) is 1.23. The molecule has 1 saturated heterocycles. The molecule has 4 nitrogen and oxygen atoms in total. The highest BCUT2D eigenvalue weighted by Crippen LogP contribution is 2.17. The highest BCUT2D eigenvalue weighted by Gasteiger charge is 2.23. The maximum atomic E-state index is 11.7. The maximum Gasteiger partial charge on any atom is 0.315 e. The van der Waals surface area contributed by atoms with Gasteiger partial charge in [0.15, 0.2) is 0 Å². The number of carbonyl (C=O) groups excluding carboxylic acids is 1. The fourth-order valence-corrected chi connectivity index (χ4v) is 2.73. The number of rotatable bonds is 3. The van der Waals surface area contributed by atoms with Gasteiger partial charge in [-0.1, -0.05) is 12.8 Å². The molecule has 0 aromatic carbocycles. The molecular formula is C12H23N3O. The quantitative estimate of drug-likeness (QED) is 0.676. The fourth-order valence-electron chi connectivity index (χ4n) is 2.73. The van der Waals surface area contributed by atoms with E-state index in [1.165, 1.54) is 19.3 Å². The zero-order valence-electron chi connectivity index (χ0n) is 10.1. The van der Waals surface area contributed by atoms with Crippen molar-refractivity contribution in [2.75, 3.05) is 13.1 Å². The SMILES string of the molecule is CC(NC(=O)NC1CCCC1)C1CCNC1. The van der Waals surface area contributed by atoms with Gasteiger partial charge in [0.1, 0.15) is 0 Å². The Balaban J connectivity index is 1.68. The molecule has 1 aliphatic heterocycles. The lowest BCUT2D eigenvalue weighted by atomic mass is 10.0. The minimum absolute atomic E-state index is 0.0197. The minimum Gasteiger partial charge on any atom is -0.335 e. The Bertz CT molecular complexity index is 232. The second kappa shape index (κ2) is 5.53. The van der Waals surface area contributed by atoms with E-state index in [1.54, 1.807) is 0 Å². The first-order valence-corrected chi connectivity index (χ1v) is 6.53. The van der Waals surface area contributed by atoms with E-state index in [0.29, 0.717) is 12.0 Å². The summed E-state index contributed by atoms with van der Waals surface area (Å²) in [7, 11) is 0. The Hall–Kier alpha value is -0.770. The topological polar surface area (TPSA) is 53.2 Å². The summed E-state index contributed by atoms with van der Waals surface area (Å²) in [5.41, 5.74) is 0. The molecule has 0 radical (unpaired) electrons. The molecule has 2 unspecified atom stereocenters. The molecule has 2 aliphatic rings.